The summed E-state index contributed by atoms with van der Waals surface area (Å²) in [7, 11) is -1.91. The number of aromatic hydroxyl groups is 1. The minimum absolute atomic E-state index is 0.0541. The second-order valence-electron chi connectivity index (χ2n) is 8.13. The van der Waals surface area contributed by atoms with E-state index in [1.54, 1.807) is 13.2 Å². The van der Waals surface area contributed by atoms with Gasteiger partial charge in [0, 0.05) is 12.6 Å². The van der Waals surface area contributed by atoms with Crippen LogP contribution in [0.1, 0.15) is 22.7 Å². The highest BCUT2D eigenvalue weighted by atomic mass is 79.9. The van der Waals surface area contributed by atoms with Crippen LogP contribution >= 0.6 is 15.9 Å². The molecule has 0 fully saturated rings. The van der Waals surface area contributed by atoms with Crippen molar-refractivity contribution in [1.29, 1.82) is 0 Å². The predicted molar refractivity (Wildman–Crippen MR) is 138 cm³/mol. The number of hydrogen-bond donors (Lipinski definition) is 4. The molecule has 0 unspecified atom stereocenters. The van der Waals surface area contributed by atoms with Crippen LogP contribution in [0.15, 0.2) is 71.2 Å². The molecule has 34 heavy (non-hydrogen) atoms. The molecule has 0 bridgehead atoms. The fourth-order valence-corrected chi connectivity index (χ4v) is 4.79. The lowest BCUT2D eigenvalue weighted by Crippen LogP contribution is -2.32. The predicted octanol–water partition coefficient (Wildman–Crippen LogP) is 4.01. The molecule has 0 saturated heterocycles. The van der Waals surface area contributed by atoms with Gasteiger partial charge in [0.2, 0.25) is 10.0 Å². The van der Waals surface area contributed by atoms with E-state index < -0.39 is 16.1 Å². The lowest BCUT2D eigenvalue weighted by atomic mass is 9.98. The van der Waals surface area contributed by atoms with Crippen molar-refractivity contribution >= 4 is 31.6 Å². The van der Waals surface area contributed by atoms with Crippen LogP contribution in [0.2, 0.25) is 0 Å². The number of anilines is 1. The first-order valence-electron chi connectivity index (χ1n) is 10.7. The number of phenolic OH excluding ortho intramolecular Hbond substituents is 1. The van der Waals surface area contributed by atoms with Crippen LogP contribution in [-0.4, -0.2) is 44.6 Å². The molecule has 0 saturated carbocycles. The molecule has 3 aromatic rings. The van der Waals surface area contributed by atoms with Crippen LogP contribution in [-0.2, 0) is 22.9 Å². The molecule has 0 amide bonds. The highest BCUT2D eigenvalue weighted by molar-refractivity contribution is 9.10. The molecule has 0 spiro atoms. The van der Waals surface area contributed by atoms with Crippen molar-refractivity contribution < 1.29 is 23.4 Å². The number of aliphatic hydroxyl groups excluding tert-OH is 1. The molecule has 4 N–H and O–H groups in total. The van der Waals surface area contributed by atoms with E-state index in [0.717, 1.165) is 34.0 Å². The van der Waals surface area contributed by atoms with Gasteiger partial charge in [-0.25, -0.2) is 8.42 Å². The van der Waals surface area contributed by atoms with Crippen molar-refractivity contribution in [3.05, 3.63) is 87.9 Å². The lowest BCUT2D eigenvalue weighted by Gasteiger charge is -2.22. The van der Waals surface area contributed by atoms with Crippen molar-refractivity contribution in [3.8, 4) is 11.5 Å². The van der Waals surface area contributed by atoms with Crippen molar-refractivity contribution in [3.63, 3.8) is 0 Å². The second kappa shape index (κ2) is 11.7. The number of rotatable bonds is 11. The Hall–Kier alpha value is -2.59. The third-order valence-corrected chi connectivity index (χ3v) is 6.50. The zero-order valence-electron chi connectivity index (χ0n) is 19.0. The molecule has 0 aliphatic rings. The highest BCUT2D eigenvalue weighted by Gasteiger charge is 2.17. The Morgan fingerprint density at radius 3 is 2.38 bits per heavy atom. The van der Waals surface area contributed by atoms with Gasteiger partial charge < -0.3 is 20.3 Å². The maximum atomic E-state index is 11.5. The van der Waals surface area contributed by atoms with E-state index in [-0.39, 0.29) is 23.9 Å². The van der Waals surface area contributed by atoms with E-state index in [1.807, 2.05) is 36.4 Å². The molecule has 0 aliphatic carbocycles. The number of phenols is 1. The zero-order chi connectivity index (χ0) is 24.7. The van der Waals surface area contributed by atoms with Gasteiger partial charge in [-0.15, -0.1) is 0 Å². The molecule has 182 valence electrons. The van der Waals surface area contributed by atoms with Crippen molar-refractivity contribution in [2.24, 2.45) is 0 Å². The van der Waals surface area contributed by atoms with Gasteiger partial charge in [-0.05, 0) is 69.7 Å². The molecule has 0 heterocycles. The molecule has 9 heteroatoms. The Bertz CT molecular complexity index is 1210. The van der Waals surface area contributed by atoms with E-state index in [9.17, 15) is 18.6 Å². The van der Waals surface area contributed by atoms with Crippen molar-refractivity contribution in [1.82, 2.24) is 5.32 Å². The fourth-order valence-electron chi connectivity index (χ4n) is 3.67. The van der Waals surface area contributed by atoms with E-state index in [2.05, 4.69) is 38.1 Å². The van der Waals surface area contributed by atoms with Crippen LogP contribution in [0.3, 0.4) is 0 Å². The molecule has 3 aromatic carbocycles. The summed E-state index contributed by atoms with van der Waals surface area (Å²) in [5.74, 6) is 0.572. The normalized spacial score (nSPS) is 13.3. The number of aliphatic hydroxyl groups is 1. The number of hydrogen-bond acceptors (Lipinski definition) is 6. The van der Waals surface area contributed by atoms with Crippen LogP contribution in [0.4, 0.5) is 5.69 Å². The van der Waals surface area contributed by atoms with Crippen LogP contribution in [0.25, 0.3) is 0 Å². The quantitative estimate of drug-likeness (QED) is 0.269. The number of ether oxygens (including phenoxy) is 1. The Labute approximate surface area is 209 Å². The molecular formula is C25H29BrN2O5S. The Morgan fingerprint density at radius 2 is 1.74 bits per heavy atom. The number of halogens is 1. The van der Waals surface area contributed by atoms with Crippen LogP contribution in [0.5, 0.6) is 11.5 Å². The molecule has 0 radical (unpaired) electrons. The van der Waals surface area contributed by atoms with Gasteiger partial charge in [0.1, 0.15) is 11.5 Å². The monoisotopic (exact) mass is 548 g/mol. The first-order valence-corrected chi connectivity index (χ1v) is 13.4. The number of methoxy groups -OCH3 is 1. The van der Waals surface area contributed by atoms with Crippen molar-refractivity contribution in [2.75, 3.05) is 24.6 Å². The molecule has 0 aromatic heterocycles. The van der Waals surface area contributed by atoms with Gasteiger partial charge in [0.15, 0.2) is 0 Å². The topological polar surface area (TPSA) is 108 Å². The molecular weight excluding hydrogens is 520 g/mol. The average molecular weight is 549 g/mol. The van der Waals surface area contributed by atoms with Gasteiger partial charge in [-0.2, -0.15) is 0 Å². The largest absolute Gasteiger partial charge is 0.506 e. The Balaban J connectivity index is 1.72. The van der Waals surface area contributed by atoms with E-state index >= 15 is 0 Å². The maximum Gasteiger partial charge on any atom is 0.229 e. The van der Waals surface area contributed by atoms with E-state index in [0.29, 0.717) is 12.1 Å². The Morgan fingerprint density at radius 1 is 1.00 bits per heavy atom. The van der Waals surface area contributed by atoms with Gasteiger partial charge >= 0.3 is 0 Å². The SMILES string of the molecule is COc1ccc([C@@H](Cc2ccccc2)NC[C@@H](O)Cc2ccc(O)c(NS(C)(=O)=O)c2)cc1Br. The molecule has 7 nitrogen and oxygen atoms in total. The standard InChI is InChI=1S/C25H29BrN2O5S/c1-33-25-11-9-19(15-21(25)26)22(13-17-6-4-3-5-7-17)27-16-20(29)12-18-8-10-24(30)23(14-18)28-34(2,31)32/h3-11,14-15,20,22,27-30H,12-13,16H2,1-2H3/t20-,22+/m0/s1. The summed E-state index contributed by atoms with van der Waals surface area (Å²) in [6.45, 7) is 0.316. The Kier molecular flexibility index (Phi) is 8.96. The van der Waals surface area contributed by atoms with Gasteiger partial charge in [-0.3, -0.25) is 4.72 Å². The lowest BCUT2D eigenvalue weighted by molar-refractivity contribution is 0.167. The smallest absolute Gasteiger partial charge is 0.229 e. The highest BCUT2D eigenvalue weighted by Crippen LogP contribution is 2.30. The van der Waals surface area contributed by atoms with Gasteiger partial charge in [-0.1, -0.05) is 42.5 Å². The van der Waals surface area contributed by atoms with Gasteiger partial charge in [0.05, 0.1) is 29.6 Å². The molecule has 3 rings (SSSR count). The summed E-state index contributed by atoms with van der Waals surface area (Å²) in [4.78, 5) is 0. The second-order valence-corrected chi connectivity index (χ2v) is 10.7. The summed E-state index contributed by atoms with van der Waals surface area (Å²) in [6, 6.07) is 20.6. The third-order valence-electron chi connectivity index (χ3n) is 5.29. The number of nitrogens with one attached hydrogen (secondary N) is 2. The van der Waals surface area contributed by atoms with Gasteiger partial charge in [0.25, 0.3) is 0 Å². The summed E-state index contributed by atoms with van der Waals surface area (Å²) in [5, 5.41) is 24.1. The fraction of sp³-hybridized carbons (Fsp3) is 0.280. The van der Waals surface area contributed by atoms with Crippen LogP contribution < -0.4 is 14.8 Å². The summed E-state index contributed by atoms with van der Waals surface area (Å²) < 4.78 is 31.5. The zero-order valence-corrected chi connectivity index (χ0v) is 21.4. The molecule has 0 aliphatic heterocycles. The van der Waals surface area contributed by atoms with Crippen molar-refractivity contribution in [2.45, 2.75) is 25.0 Å². The summed E-state index contributed by atoms with van der Waals surface area (Å²) >= 11 is 3.55. The average Bonchev–Trinajstić information content (AvgIpc) is 2.78. The third kappa shape index (κ3) is 7.73. The summed E-state index contributed by atoms with van der Waals surface area (Å²) in [5.41, 5.74) is 3.00. The summed E-state index contributed by atoms with van der Waals surface area (Å²) in [6.07, 6.45) is 1.31. The number of sulfonamides is 1. The number of benzene rings is 3. The maximum absolute atomic E-state index is 11.5. The first kappa shape index (κ1) is 26.0. The minimum Gasteiger partial charge on any atom is -0.506 e. The minimum atomic E-state index is -3.53. The van der Waals surface area contributed by atoms with E-state index in [1.165, 1.54) is 12.1 Å². The van der Waals surface area contributed by atoms with Crippen LogP contribution in [0, 0.1) is 0 Å². The molecule has 2 atom stereocenters. The van der Waals surface area contributed by atoms with E-state index in [4.69, 9.17) is 4.74 Å². The first-order chi connectivity index (χ1) is 16.1.